The van der Waals surface area contributed by atoms with Crippen LogP contribution in [0.4, 0.5) is 17.6 Å². The van der Waals surface area contributed by atoms with Gasteiger partial charge in [0.15, 0.2) is 5.69 Å². The van der Waals surface area contributed by atoms with Crippen LogP contribution in [0.5, 0.6) is 0 Å². The number of pyridine rings is 1. The number of halogens is 4. The number of carbonyl (C=O) groups excluding carboxylic acids is 1. The molecule has 1 fully saturated rings. The molecule has 0 aliphatic heterocycles. The van der Waals surface area contributed by atoms with Crippen LogP contribution in [0, 0.1) is 5.82 Å². The van der Waals surface area contributed by atoms with Gasteiger partial charge < -0.3 is 9.88 Å². The van der Waals surface area contributed by atoms with E-state index in [0.29, 0.717) is 16.3 Å². The first-order valence-electron chi connectivity index (χ1n) is 10.5. The van der Waals surface area contributed by atoms with Crippen molar-refractivity contribution in [2.24, 2.45) is 0 Å². The van der Waals surface area contributed by atoms with Crippen molar-refractivity contribution in [2.45, 2.75) is 31.6 Å². The number of nitrogens with zero attached hydrogens (tertiary/aromatic N) is 2. The molecule has 4 aromatic rings. The third kappa shape index (κ3) is 4.30. The SMILES string of the molecule is O=C(NC1CC1)c1cc(F)cc(Cn2ccc3cc(-c4c[nH]nc4C(F)(F)F)ccc3c2=O)c1. The monoisotopic (exact) mass is 470 g/mol. The minimum Gasteiger partial charge on any atom is -0.349 e. The fraction of sp³-hybridized carbons (Fsp3) is 0.208. The Kier molecular flexibility index (Phi) is 5.22. The van der Waals surface area contributed by atoms with Crippen LogP contribution in [0.25, 0.3) is 21.9 Å². The number of H-pyrrole nitrogens is 1. The summed E-state index contributed by atoms with van der Waals surface area (Å²) in [5.74, 6) is -0.948. The second-order valence-electron chi connectivity index (χ2n) is 8.29. The maximum absolute atomic E-state index is 14.1. The van der Waals surface area contributed by atoms with E-state index in [2.05, 4.69) is 15.5 Å². The van der Waals surface area contributed by atoms with Gasteiger partial charge >= 0.3 is 6.18 Å². The molecule has 0 unspecified atom stereocenters. The Balaban J connectivity index is 1.46. The Hall–Kier alpha value is -3.95. The Morgan fingerprint density at radius 1 is 1.15 bits per heavy atom. The van der Waals surface area contributed by atoms with E-state index >= 15 is 0 Å². The summed E-state index contributed by atoms with van der Waals surface area (Å²) in [6, 6.07) is 10.0. The van der Waals surface area contributed by atoms with Gasteiger partial charge in [-0.2, -0.15) is 18.3 Å². The third-order valence-electron chi connectivity index (χ3n) is 5.68. The van der Waals surface area contributed by atoms with Crippen molar-refractivity contribution in [1.29, 1.82) is 0 Å². The largest absolute Gasteiger partial charge is 0.435 e. The average molecular weight is 470 g/mol. The topological polar surface area (TPSA) is 79.8 Å². The van der Waals surface area contributed by atoms with Crippen molar-refractivity contribution in [2.75, 3.05) is 0 Å². The first-order chi connectivity index (χ1) is 16.2. The van der Waals surface area contributed by atoms with E-state index in [1.165, 1.54) is 41.1 Å². The van der Waals surface area contributed by atoms with Crippen molar-refractivity contribution in [1.82, 2.24) is 20.1 Å². The van der Waals surface area contributed by atoms with Gasteiger partial charge in [0, 0.05) is 34.9 Å². The molecule has 5 rings (SSSR count). The molecular weight excluding hydrogens is 452 g/mol. The molecule has 1 aliphatic rings. The van der Waals surface area contributed by atoms with Crippen molar-refractivity contribution in [3.63, 3.8) is 0 Å². The highest BCUT2D eigenvalue weighted by Gasteiger charge is 2.36. The van der Waals surface area contributed by atoms with Gasteiger partial charge in [-0.15, -0.1) is 0 Å². The molecule has 1 amide bonds. The van der Waals surface area contributed by atoms with Gasteiger partial charge in [-0.1, -0.05) is 6.07 Å². The molecule has 0 atom stereocenters. The van der Waals surface area contributed by atoms with E-state index in [1.807, 2.05) is 0 Å². The summed E-state index contributed by atoms with van der Waals surface area (Å²) in [7, 11) is 0. The van der Waals surface area contributed by atoms with Crippen molar-refractivity contribution < 1.29 is 22.4 Å². The Morgan fingerprint density at radius 3 is 2.68 bits per heavy atom. The van der Waals surface area contributed by atoms with E-state index < -0.39 is 17.7 Å². The molecule has 1 aliphatic carbocycles. The van der Waals surface area contributed by atoms with Crippen molar-refractivity contribution in [3.8, 4) is 11.1 Å². The lowest BCUT2D eigenvalue weighted by atomic mass is 10.0. The minimum absolute atomic E-state index is 0.0257. The second-order valence-corrected chi connectivity index (χ2v) is 8.29. The number of rotatable bonds is 5. The van der Waals surface area contributed by atoms with Gasteiger partial charge in [0.25, 0.3) is 11.5 Å². The summed E-state index contributed by atoms with van der Waals surface area (Å²) in [6.45, 7) is 0.0257. The fourth-order valence-corrected chi connectivity index (χ4v) is 3.87. The van der Waals surface area contributed by atoms with Crippen molar-refractivity contribution in [3.05, 3.63) is 87.9 Å². The van der Waals surface area contributed by atoms with Gasteiger partial charge in [0.05, 0.1) is 6.54 Å². The molecule has 0 radical (unpaired) electrons. The lowest BCUT2D eigenvalue weighted by Crippen LogP contribution is -2.26. The number of carbonyl (C=O) groups is 1. The Morgan fingerprint density at radius 2 is 1.94 bits per heavy atom. The van der Waals surface area contributed by atoms with Crippen LogP contribution >= 0.6 is 0 Å². The summed E-state index contributed by atoms with van der Waals surface area (Å²) >= 11 is 0. The zero-order chi connectivity index (χ0) is 24.0. The molecule has 0 saturated heterocycles. The molecule has 10 heteroatoms. The summed E-state index contributed by atoms with van der Waals surface area (Å²) in [6.07, 6.45) is -0.164. The number of amides is 1. The van der Waals surface area contributed by atoms with E-state index in [0.717, 1.165) is 25.1 Å². The van der Waals surface area contributed by atoms with Crippen LogP contribution < -0.4 is 10.9 Å². The van der Waals surface area contributed by atoms with Crippen LogP contribution in [0.15, 0.2) is 59.7 Å². The minimum atomic E-state index is -4.62. The predicted octanol–water partition coefficient (Wildman–Crippen LogP) is 4.49. The zero-order valence-electron chi connectivity index (χ0n) is 17.6. The molecular formula is C24H18F4N4O2. The smallest absolute Gasteiger partial charge is 0.349 e. The maximum Gasteiger partial charge on any atom is 0.435 e. The molecule has 0 spiro atoms. The van der Waals surface area contributed by atoms with E-state index in [1.54, 1.807) is 6.07 Å². The number of aromatic nitrogens is 3. The molecule has 2 N–H and O–H groups in total. The van der Waals surface area contributed by atoms with Crippen molar-refractivity contribution >= 4 is 16.7 Å². The lowest BCUT2D eigenvalue weighted by Gasteiger charge is -2.11. The third-order valence-corrected chi connectivity index (χ3v) is 5.68. The van der Waals surface area contributed by atoms with Crippen LogP contribution in [0.1, 0.15) is 34.5 Å². The summed E-state index contributed by atoms with van der Waals surface area (Å²) < 4.78 is 55.1. The van der Waals surface area contributed by atoms with Gasteiger partial charge in [-0.05, 0) is 65.8 Å². The molecule has 2 heterocycles. The molecule has 2 aromatic heterocycles. The van der Waals surface area contributed by atoms with E-state index in [4.69, 9.17) is 0 Å². The van der Waals surface area contributed by atoms with Gasteiger partial charge in [0.1, 0.15) is 5.82 Å². The van der Waals surface area contributed by atoms with Gasteiger partial charge in [0.2, 0.25) is 0 Å². The molecule has 34 heavy (non-hydrogen) atoms. The summed E-state index contributed by atoms with van der Waals surface area (Å²) in [5, 5.41) is 9.08. The number of fused-ring (bicyclic) bond motifs is 1. The highest BCUT2D eigenvalue weighted by Crippen LogP contribution is 2.36. The maximum atomic E-state index is 14.1. The van der Waals surface area contributed by atoms with Gasteiger partial charge in [-0.25, -0.2) is 4.39 Å². The number of nitrogens with one attached hydrogen (secondary N) is 2. The fourth-order valence-electron chi connectivity index (χ4n) is 3.87. The summed E-state index contributed by atoms with van der Waals surface area (Å²) in [4.78, 5) is 25.3. The number of benzene rings is 2. The van der Waals surface area contributed by atoms with Crippen LogP contribution in [-0.4, -0.2) is 26.7 Å². The number of aromatic amines is 1. The quantitative estimate of drug-likeness (QED) is 0.422. The number of hydrogen-bond acceptors (Lipinski definition) is 3. The molecule has 1 saturated carbocycles. The number of alkyl halides is 3. The normalized spacial score (nSPS) is 13.9. The molecule has 2 aromatic carbocycles. The summed E-state index contributed by atoms with van der Waals surface area (Å²) in [5.41, 5.74) is -0.654. The Labute approximate surface area is 190 Å². The average Bonchev–Trinajstić information content (AvgIpc) is 3.44. The lowest BCUT2D eigenvalue weighted by molar-refractivity contribution is -0.140. The van der Waals surface area contributed by atoms with E-state index in [9.17, 15) is 27.2 Å². The standard InChI is InChI=1S/C24H18F4N4O2/c25-17-8-13(7-16(10-17)22(33)30-18-2-3-18)12-32-6-5-15-9-14(1-4-19(15)23(32)34)20-11-29-31-21(20)24(26,27)28/h1,4-11,18H,2-3,12H2,(H,29,31)(H,30,33). The van der Waals surface area contributed by atoms with Gasteiger partial charge in [-0.3, -0.25) is 14.7 Å². The van der Waals surface area contributed by atoms with Crippen LogP contribution in [0.3, 0.4) is 0 Å². The molecule has 174 valence electrons. The molecule has 0 bridgehead atoms. The zero-order valence-corrected chi connectivity index (χ0v) is 17.6. The van der Waals surface area contributed by atoms with Crippen LogP contribution in [-0.2, 0) is 12.7 Å². The first kappa shape index (κ1) is 21.9. The molecule has 6 nitrogen and oxygen atoms in total. The first-order valence-corrected chi connectivity index (χ1v) is 10.5. The Bertz CT molecular complexity index is 1470. The number of hydrogen-bond donors (Lipinski definition) is 2. The highest BCUT2D eigenvalue weighted by molar-refractivity contribution is 5.94. The highest BCUT2D eigenvalue weighted by atomic mass is 19.4. The van der Waals surface area contributed by atoms with Crippen LogP contribution in [0.2, 0.25) is 0 Å². The van der Waals surface area contributed by atoms with E-state index in [-0.39, 0.29) is 40.7 Å². The predicted molar refractivity (Wildman–Crippen MR) is 117 cm³/mol. The second kappa shape index (κ2) is 8.12.